The van der Waals surface area contributed by atoms with Gasteiger partial charge in [0.05, 0.1) is 17.3 Å². The van der Waals surface area contributed by atoms with E-state index in [4.69, 9.17) is 4.74 Å². The molecule has 2 heterocycles. The Hall–Kier alpha value is -0.900. The highest BCUT2D eigenvalue weighted by Crippen LogP contribution is 2.65. The molecule has 2 aliphatic heterocycles. The summed E-state index contributed by atoms with van der Waals surface area (Å²) in [6, 6.07) is 0. The molecule has 0 amide bonds. The molecule has 5 aliphatic rings. The molecular formula is C21H28O3. The number of ether oxygens (including phenoxy) is 1. The number of fused-ring (bicyclic) bond motifs is 1. The molecule has 0 aromatic rings. The van der Waals surface area contributed by atoms with Crippen molar-refractivity contribution in [3.8, 4) is 0 Å². The lowest BCUT2D eigenvalue weighted by molar-refractivity contribution is -0.161. The zero-order valence-electron chi connectivity index (χ0n) is 14.7. The Kier molecular flexibility index (Phi) is 2.96. The molecule has 2 spiro atoms. The molecule has 7 atom stereocenters. The second kappa shape index (κ2) is 4.63. The smallest absolute Gasteiger partial charge is 0.104 e. The third-order valence-corrected chi connectivity index (χ3v) is 7.84. The van der Waals surface area contributed by atoms with Crippen molar-refractivity contribution in [1.29, 1.82) is 0 Å². The van der Waals surface area contributed by atoms with Crippen molar-refractivity contribution >= 4 is 0 Å². The van der Waals surface area contributed by atoms with E-state index >= 15 is 0 Å². The first kappa shape index (κ1) is 15.4. The highest BCUT2D eigenvalue weighted by molar-refractivity contribution is 5.49. The minimum absolute atomic E-state index is 0.120. The third kappa shape index (κ3) is 1.64. The summed E-state index contributed by atoms with van der Waals surface area (Å²) in [5, 5.41) is 21.3. The zero-order valence-corrected chi connectivity index (χ0v) is 14.7. The maximum atomic E-state index is 10.8. The molecule has 0 radical (unpaired) electrons. The van der Waals surface area contributed by atoms with E-state index in [1.165, 1.54) is 5.57 Å². The second-order valence-corrected chi connectivity index (χ2v) is 8.95. The summed E-state index contributed by atoms with van der Waals surface area (Å²) in [4.78, 5) is 0. The van der Waals surface area contributed by atoms with Gasteiger partial charge in [-0.1, -0.05) is 44.6 Å². The normalized spacial score (nSPS) is 54.7. The molecule has 2 fully saturated rings. The van der Waals surface area contributed by atoms with Gasteiger partial charge in [-0.15, -0.1) is 0 Å². The Morgan fingerprint density at radius 3 is 2.92 bits per heavy atom. The lowest BCUT2D eigenvalue weighted by atomic mass is 9.61. The van der Waals surface area contributed by atoms with Crippen LogP contribution >= 0.6 is 0 Å². The summed E-state index contributed by atoms with van der Waals surface area (Å²) in [7, 11) is 0. The van der Waals surface area contributed by atoms with Crippen molar-refractivity contribution in [3.05, 3.63) is 35.5 Å². The molecule has 5 rings (SSSR count). The van der Waals surface area contributed by atoms with E-state index < -0.39 is 12.2 Å². The fourth-order valence-corrected chi connectivity index (χ4v) is 6.45. The van der Waals surface area contributed by atoms with Crippen molar-refractivity contribution in [2.45, 2.75) is 75.8 Å². The average molecular weight is 328 g/mol. The van der Waals surface area contributed by atoms with Crippen molar-refractivity contribution in [2.75, 3.05) is 0 Å². The first-order valence-electron chi connectivity index (χ1n) is 9.61. The quantitative estimate of drug-likeness (QED) is 0.726. The molecule has 3 unspecified atom stereocenters. The van der Waals surface area contributed by atoms with Crippen molar-refractivity contribution in [2.24, 2.45) is 17.3 Å². The van der Waals surface area contributed by atoms with Crippen LogP contribution in [0.5, 0.6) is 0 Å². The molecule has 130 valence electrons. The fourth-order valence-electron chi connectivity index (χ4n) is 6.45. The lowest BCUT2D eigenvalue weighted by Gasteiger charge is -2.54. The monoisotopic (exact) mass is 328 g/mol. The van der Waals surface area contributed by atoms with Crippen LogP contribution in [0.3, 0.4) is 0 Å². The fraction of sp³-hybridized carbons (Fsp3) is 0.714. The van der Waals surface area contributed by atoms with Crippen LogP contribution < -0.4 is 0 Å². The van der Waals surface area contributed by atoms with E-state index in [0.717, 1.165) is 44.1 Å². The summed E-state index contributed by atoms with van der Waals surface area (Å²) < 4.78 is 6.96. The number of aliphatic hydroxyl groups excluding tert-OH is 2. The van der Waals surface area contributed by atoms with E-state index in [-0.39, 0.29) is 22.5 Å². The van der Waals surface area contributed by atoms with Crippen LogP contribution in [0.2, 0.25) is 0 Å². The van der Waals surface area contributed by atoms with E-state index in [1.54, 1.807) is 0 Å². The van der Waals surface area contributed by atoms with Crippen LogP contribution in [0.1, 0.15) is 52.4 Å². The Morgan fingerprint density at radius 1 is 1.29 bits per heavy atom. The summed E-state index contributed by atoms with van der Waals surface area (Å²) in [6.45, 7) is 4.47. The Balaban J connectivity index is 1.64. The lowest BCUT2D eigenvalue weighted by Crippen LogP contribution is -2.57. The van der Waals surface area contributed by atoms with Gasteiger partial charge in [-0.2, -0.15) is 0 Å². The number of rotatable bonds is 1. The zero-order chi connectivity index (χ0) is 16.7. The van der Waals surface area contributed by atoms with Gasteiger partial charge in [0.1, 0.15) is 6.10 Å². The number of hydrogen-bond donors (Lipinski definition) is 2. The molecule has 2 bridgehead atoms. The van der Waals surface area contributed by atoms with Crippen molar-refractivity contribution in [1.82, 2.24) is 0 Å². The van der Waals surface area contributed by atoms with E-state index in [2.05, 4.69) is 38.2 Å². The minimum atomic E-state index is -0.782. The second-order valence-electron chi connectivity index (χ2n) is 8.95. The summed E-state index contributed by atoms with van der Waals surface area (Å²) in [5.74, 6) is 0.626. The van der Waals surface area contributed by atoms with Crippen LogP contribution in [0, 0.1) is 17.3 Å². The van der Waals surface area contributed by atoms with Gasteiger partial charge in [0.2, 0.25) is 0 Å². The van der Waals surface area contributed by atoms with Gasteiger partial charge in [0, 0.05) is 5.92 Å². The first-order chi connectivity index (χ1) is 11.4. The molecule has 1 saturated heterocycles. The summed E-state index contributed by atoms with van der Waals surface area (Å²) in [6.07, 6.45) is 13.7. The third-order valence-electron chi connectivity index (χ3n) is 7.84. The molecule has 2 N–H and O–H groups in total. The van der Waals surface area contributed by atoms with Crippen LogP contribution in [-0.2, 0) is 4.74 Å². The minimum Gasteiger partial charge on any atom is -0.390 e. The Labute approximate surface area is 144 Å². The van der Waals surface area contributed by atoms with Gasteiger partial charge >= 0.3 is 0 Å². The van der Waals surface area contributed by atoms with Gasteiger partial charge < -0.3 is 14.9 Å². The predicted molar refractivity (Wildman–Crippen MR) is 92.3 cm³/mol. The molecule has 3 heteroatoms. The van der Waals surface area contributed by atoms with E-state index in [9.17, 15) is 10.2 Å². The van der Waals surface area contributed by atoms with E-state index in [0.29, 0.717) is 5.92 Å². The first-order valence-corrected chi connectivity index (χ1v) is 9.61. The topological polar surface area (TPSA) is 49.7 Å². The van der Waals surface area contributed by atoms with Crippen LogP contribution in [-0.4, -0.2) is 33.6 Å². The standard InChI is InChI=1S/C21H28O3/c1-3-13-12-20-9-10-21(24-20)14(11-15(20)18(23)17(13)22)6-8-19(2)7-4-5-16(19)21/h4,6-7,11,13,16-18,22-23H,3,5,8-10,12H2,1-2H3/t13-,16?,17?,18+,19?,20+,21+/m0/s1. The SMILES string of the molecule is CC[C@H]1C[C@@]23CC[C@@]4(O2)C(=CCC2(C)C=CCC24)C=C3[C@@H](O)C1O. The Bertz CT molecular complexity index is 677. The molecule has 0 aromatic heterocycles. The largest absolute Gasteiger partial charge is 0.390 e. The highest BCUT2D eigenvalue weighted by Gasteiger charge is 2.65. The number of aliphatic hydroxyl groups is 2. The molecule has 3 aliphatic carbocycles. The van der Waals surface area contributed by atoms with Crippen LogP contribution in [0.25, 0.3) is 0 Å². The summed E-state index contributed by atoms with van der Waals surface area (Å²) >= 11 is 0. The molecule has 24 heavy (non-hydrogen) atoms. The van der Waals surface area contributed by atoms with Gasteiger partial charge in [0.15, 0.2) is 0 Å². The van der Waals surface area contributed by atoms with Crippen LogP contribution in [0.4, 0.5) is 0 Å². The van der Waals surface area contributed by atoms with E-state index in [1.807, 2.05) is 0 Å². The maximum absolute atomic E-state index is 10.8. The van der Waals surface area contributed by atoms with Gasteiger partial charge in [-0.25, -0.2) is 0 Å². The number of allylic oxidation sites excluding steroid dienone is 3. The molecule has 1 saturated carbocycles. The predicted octanol–water partition coefficient (Wildman–Crippen LogP) is 3.28. The van der Waals surface area contributed by atoms with Gasteiger partial charge in [-0.3, -0.25) is 0 Å². The summed E-state index contributed by atoms with van der Waals surface area (Å²) in [5.41, 5.74) is 1.88. The molecule has 3 nitrogen and oxygen atoms in total. The van der Waals surface area contributed by atoms with Crippen LogP contribution in [0.15, 0.2) is 35.5 Å². The average Bonchev–Trinajstić information content (AvgIpc) is 3.11. The number of hydrogen-bond acceptors (Lipinski definition) is 3. The van der Waals surface area contributed by atoms with Gasteiger partial charge in [0.25, 0.3) is 0 Å². The molecular weight excluding hydrogens is 300 g/mol. The molecule has 0 aromatic carbocycles. The van der Waals surface area contributed by atoms with Crippen molar-refractivity contribution in [3.63, 3.8) is 0 Å². The Morgan fingerprint density at radius 2 is 2.12 bits per heavy atom. The highest BCUT2D eigenvalue weighted by atomic mass is 16.5. The maximum Gasteiger partial charge on any atom is 0.104 e. The van der Waals surface area contributed by atoms with Gasteiger partial charge in [-0.05, 0) is 54.6 Å². The van der Waals surface area contributed by atoms with Crippen molar-refractivity contribution < 1.29 is 14.9 Å².